The number of aromatic amines is 1. The zero-order valence-electron chi connectivity index (χ0n) is 17.8. The molecule has 1 aromatic heterocycles. The molecule has 0 radical (unpaired) electrons. The molecule has 32 heavy (non-hydrogen) atoms. The lowest BCUT2D eigenvalue weighted by molar-refractivity contribution is -0.186. The number of alkyl halides is 2. The number of aromatic carboxylic acids is 1. The van der Waals surface area contributed by atoms with Gasteiger partial charge in [0, 0.05) is 47.6 Å². The van der Waals surface area contributed by atoms with Crippen LogP contribution in [0.15, 0.2) is 42.6 Å². The van der Waals surface area contributed by atoms with Gasteiger partial charge in [-0.1, -0.05) is 23.7 Å². The molecule has 2 heterocycles. The minimum atomic E-state index is -2.57. The summed E-state index contributed by atoms with van der Waals surface area (Å²) in [5, 5.41) is 11.0. The number of piperidine rings is 1. The molecule has 7 heteroatoms. The van der Waals surface area contributed by atoms with E-state index in [0.29, 0.717) is 24.5 Å². The van der Waals surface area contributed by atoms with E-state index in [9.17, 15) is 18.7 Å². The molecule has 2 N–H and O–H groups in total. The van der Waals surface area contributed by atoms with Crippen LogP contribution in [0.4, 0.5) is 8.78 Å². The zero-order valence-corrected chi connectivity index (χ0v) is 18.6. The first-order valence-electron chi connectivity index (χ1n) is 10.9. The number of rotatable bonds is 4. The van der Waals surface area contributed by atoms with Gasteiger partial charge in [0.05, 0.1) is 5.56 Å². The Labute approximate surface area is 190 Å². The van der Waals surface area contributed by atoms with Crippen LogP contribution in [0.2, 0.25) is 5.02 Å². The summed E-state index contributed by atoms with van der Waals surface area (Å²) in [6, 6.07) is 10.7. The topological polar surface area (TPSA) is 56.3 Å². The standard InChI is InChI=1S/C25H25ClF2N2O2/c1-15-10-20(26)19(18-6-8-29-22(15)18)12-30-9-7-24(13-25(27,28)14-24)11-21(30)16-2-4-17(5-3-16)23(31)32/h2-6,8,10,21,29H,7,9,11-14H2,1H3,(H,31,32)/t21-/m0/s1. The number of H-pyrrole nitrogens is 1. The molecule has 2 fully saturated rings. The quantitative estimate of drug-likeness (QED) is 0.464. The van der Waals surface area contributed by atoms with Crippen molar-refractivity contribution >= 4 is 28.5 Å². The van der Waals surface area contributed by atoms with Gasteiger partial charge in [0.1, 0.15) is 0 Å². The second kappa shape index (κ2) is 7.56. The Morgan fingerprint density at radius 2 is 1.97 bits per heavy atom. The molecule has 2 aliphatic rings. The zero-order chi connectivity index (χ0) is 22.7. The van der Waals surface area contributed by atoms with Gasteiger partial charge in [0.25, 0.3) is 0 Å². The molecule has 1 saturated carbocycles. The van der Waals surface area contributed by atoms with E-state index in [4.69, 9.17) is 11.6 Å². The monoisotopic (exact) mass is 458 g/mol. The Hall–Kier alpha value is -2.44. The summed E-state index contributed by atoms with van der Waals surface area (Å²) in [6.45, 7) is 3.31. The number of carboxylic acid groups (broad SMARTS) is 1. The molecule has 0 bridgehead atoms. The molecule has 168 valence electrons. The molecule has 1 aliphatic heterocycles. The minimum absolute atomic E-state index is 0.0646. The number of hydrogen-bond donors (Lipinski definition) is 2. The van der Waals surface area contributed by atoms with Crippen LogP contribution in [0, 0.1) is 12.3 Å². The van der Waals surface area contributed by atoms with Crippen LogP contribution in [0.3, 0.4) is 0 Å². The number of fused-ring (bicyclic) bond motifs is 1. The molecule has 1 atom stereocenters. The van der Waals surface area contributed by atoms with Crippen molar-refractivity contribution in [3.8, 4) is 0 Å². The summed E-state index contributed by atoms with van der Waals surface area (Å²) in [7, 11) is 0. The number of aromatic nitrogens is 1. The Bertz CT molecular complexity index is 1180. The fourth-order valence-electron chi connectivity index (χ4n) is 5.70. The summed E-state index contributed by atoms with van der Waals surface area (Å²) < 4.78 is 27.6. The van der Waals surface area contributed by atoms with E-state index in [-0.39, 0.29) is 29.9 Å². The van der Waals surface area contributed by atoms with Crippen molar-refractivity contribution in [2.24, 2.45) is 5.41 Å². The average molecular weight is 459 g/mol. The Morgan fingerprint density at radius 1 is 1.25 bits per heavy atom. The molecule has 1 saturated heterocycles. The fourth-order valence-corrected chi connectivity index (χ4v) is 6.02. The van der Waals surface area contributed by atoms with E-state index in [1.807, 2.05) is 37.4 Å². The number of nitrogens with zero attached hydrogens (tertiary/aromatic N) is 1. The number of aryl methyl sites for hydroxylation is 1. The second-order valence-electron chi connectivity index (χ2n) is 9.50. The lowest BCUT2D eigenvalue weighted by Crippen LogP contribution is -2.53. The molecule has 1 spiro atoms. The van der Waals surface area contributed by atoms with Gasteiger partial charge in [0.2, 0.25) is 5.92 Å². The summed E-state index contributed by atoms with van der Waals surface area (Å²) in [4.78, 5) is 16.9. The van der Waals surface area contributed by atoms with Gasteiger partial charge < -0.3 is 10.1 Å². The van der Waals surface area contributed by atoms with E-state index in [1.165, 1.54) is 0 Å². The van der Waals surface area contributed by atoms with Gasteiger partial charge in [-0.2, -0.15) is 0 Å². The van der Waals surface area contributed by atoms with Crippen molar-refractivity contribution in [1.29, 1.82) is 0 Å². The first-order valence-corrected chi connectivity index (χ1v) is 11.2. The lowest BCUT2D eigenvalue weighted by atomic mass is 9.59. The highest BCUT2D eigenvalue weighted by Gasteiger charge is 2.58. The number of benzene rings is 2. The number of carbonyl (C=O) groups is 1. The molecule has 4 nitrogen and oxygen atoms in total. The molecule has 3 aromatic rings. The van der Waals surface area contributed by atoms with Gasteiger partial charge >= 0.3 is 5.97 Å². The third kappa shape index (κ3) is 3.69. The normalized spacial score (nSPS) is 22.2. The van der Waals surface area contributed by atoms with Crippen molar-refractivity contribution in [1.82, 2.24) is 9.88 Å². The number of carboxylic acids is 1. The maximum absolute atomic E-state index is 13.8. The van der Waals surface area contributed by atoms with Crippen molar-refractivity contribution in [3.63, 3.8) is 0 Å². The lowest BCUT2D eigenvalue weighted by Gasteiger charge is -2.54. The van der Waals surface area contributed by atoms with Gasteiger partial charge in [-0.15, -0.1) is 0 Å². The first-order chi connectivity index (χ1) is 15.2. The third-order valence-electron chi connectivity index (χ3n) is 7.27. The van der Waals surface area contributed by atoms with Crippen molar-refractivity contribution in [3.05, 3.63) is 69.9 Å². The highest BCUT2D eigenvalue weighted by atomic mass is 35.5. The minimum Gasteiger partial charge on any atom is -0.478 e. The third-order valence-corrected chi connectivity index (χ3v) is 7.60. The van der Waals surface area contributed by atoms with Crippen LogP contribution in [0.25, 0.3) is 10.9 Å². The van der Waals surface area contributed by atoms with Crippen LogP contribution in [-0.4, -0.2) is 33.4 Å². The number of likely N-dealkylation sites (tertiary alicyclic amines) is 1. The summed E-state index contributed by atoms with van der Waals surface area (Å²) >= 11 is 6.66. The highest BCUT2D eigenvalue weighted by Crippen LogP contribution is 2.60. The van der Waals surface area contributed by atoms with Gasteiger partial charge in [-0.25, -0.2) is 13.6 Å². The first kappa shape index (κ1) is 21.4. The maximum Gasteiger partial charge on any atom is 0.335 e. The van der Waals surface area contributed by atoms with Crippen molar-refractivity contribution in [2.75, 3.05) is 6.54 Å². The summed E-state index contributed by atoms with van der Waals surface area (Å²) in [5.74, 6) is -3.55. The van der Waals surface area contributed by atoms with Crippen molar-refractivity contribution < 1.29 is 18.7 Å². The molecule has 0 unspecified atom stereocenters. The smallest absolute Gasteiger partial charge is 0.335 e. The molecule has 1 aliphatic carbocycles. The maximum atomic E-state index is 13.8. The number of hydrogen-bond acceptors (Lipinski definition) is 2. The van der Waals surface area contributed by atoms with Crippen LogP contribution < -0.4 is 0 Å². The fraction of sp³-hybridized carbons (Fsp3) is 0.400. The number of halogens is 3. The van der Waals surface area contributed by atoms with E-state index in [2.05, 4.69) is 9.88 Å². The predicted octanol–water partition coefficient (Wildman–Crippen LogP) is 6.58. The average Bonchev–Trinajstić information content (AvgIpc) is 3.21. The Balaban J connectivity index is 1.49. The summed E-state index contributed by atoms with van der Waals surface area (Å²) in [6.07, 6.45) is 3.14. The molecular weight excluding hydrogens is 434 g/mol. The predicted molar refractivity (Wildman–Crippen MR) is 120 cm³/mol. The molecule has 0 amide bonds. The van der Waals surface area contributed by atoms with E-state index < -0.39 is 11.9 Å². The van der Waals surface area contributed by atoms with Crippen LogP contribution in [0.5, 0.6) is 0 Å². The largest absolute Gasteiger partial charge is 0.478 e. The highest BCUT2D eigenvalue weighted by molar-refractivity contribution is 6.32. The number of nitrogens with one attached hydrogen (secondary N) is 1. The molecule has 5 rings (SSSR count). The van der Waals surface area contributed by atoms with Gasteiger partial charge in [-0.05, 0) is 72.7 Å². The Morgan fingerprint density at radius 3 is 2.62 bits per heavy atom. The molecule has 2 aromatic carbocycles. The van der Waals surface area contributed by atoms with Gasteiger partial charge in [0.15, 0.2) is 0 Å². The molecular formula is C25H25ClF2N2O2. The Kier molecular flexibility index (Phi) is 5.06. The van der Waals surface area contributed by atoms with E-state index in [0.717, 1.165) is 34.0 Å². The van der Waals surface area contributed by atoms with Crippen LogP contribution in [-0.2, 0) is 6.54 Å². The summed E-state index contributed by atoms with van der Waals surface area (Å²) in [5.41, 5.74) is 3.98. The van der Waals surface area contributed by atoms with E-state index >= 15 is 0 Å². The van der Waals surface area contributed by atoms with Gasteiger partial charge in [-0.3, -0.25) is 4.90 Å². The SMILES string of the molecule is Cc1cc(Cl)c(CN2CCC3(C[C@H]2c2ccc(C(=O)O)cc2)CC(F)(F)C3)c2cc[nH]c12. The van der Waals surface area contributed by atoms with E-state index in [1.54, 1.807) is 12.1 Å². The van der Waals surface area contributed by atoms with Crippen LogP contribution >= 0.6 is 11.6 Å². The van der Waals surface area contributed by atoms with Crippen molar-refractivity contribution in [2.45, 2.75) is 51.1 Å². The second-order valence-corrected chi connectivity index (χ2v) is 9.90. The van der Waals surface area contributed by atoms with Crippen LogP contribution in [0.1, 0.15) is 58.8 Å².